The first kappa shape index (κ1) is 24.3. The van der Waals surface area contributed by atoms with Crippen molar-refractivity contribution >= 4 is 29.4 Å². The zero-order valence-electron chi connectivity index (χ0n) is 16.4. The molecule has 13 nitrogen and oxygen atoms in total. The summed E-state index contributed by atoms with van der Waals surface area (Å²) in [6.07, 6.45) is -1.95. The van der Waals surface area contributed by atoms with Crippen molar-refractivity contribution in [1.29, 1.82) is 0 Å². The molecule has 3 N–H and O–H groups in total. The summed E-state index contributed by atoms with van der Waals surface area (Å²) in [5.74, 6) is -4.27. The second kappa shape index (κ2) is 9.62. The van der Waals surface area contributed by atoms with Gasteiger partial charge in [-0.1, -0.05) is 6.07 Å². The maximum absolute atomic E-state index is 11.8. The molecule has 0 bridgehead atoms. The first-order valence-electron chi connectivity index (χ1n) is 8.58. The molecule has 0 aliphatic rings. The summed E-state index contributed by atoms with van der Waals surface area (Å²) in [6.45, 7) is 4.68. The number of hydrogen-bond acceptors (Lipinski definition) is 8. The van der Waals surface area contributed by atoms with E-state index in [4.69, 9.17) is 4.74 Å². The molecule has 1 aromatic carbocycles. The van der Waals surface area contributed by atoms with E-state index in [1.807, 2.05) is 0 Å². The number of aliphatic carboxylic acids is 2. The molecule has 2 atom stereocenters. The summed E-state index contributed by atoms with van der Waals surface area (Å²) in [5.41, 5.74) is -2.40. The van der Waals surface area contributed by atoms with Gasteiger partial charge in [-0.2, -0.15) is 0 Å². The lowest BCUT2D eigenvalue weighted by molar-refractivity contribution is -0.422. The molecule has 1 amide bonds. The van der Waals surface area contributed by atoms with E-state index < -0.39 is 63.2 Å². The number of hydrogen-bond donors (Lipinski definition) is 3. The molecule has 0 radical (unpaired) electrons. The zero-order chi connectivity index (χ0) is 23.2. The molecule has 1 aromatic rings. The first-order valence-corrected chi connectivity index (χ1v) is 8.58. The van der Waals surface area contributed by atoms with E-state index in [0.29, 0.717) is 0 Å². The number of carboxylic acids is 2. The molecule has 0 aromatic heterocycles. The maximum atomic E-state index is 11.8. The predicted molar refractivity (Wildman–Crippen MR) is 100.0 cm³/mol. The van der Waals surface area contributed by atoms with Crippen LogP contribution in [0.5, 0.6) is 0 Å². The highest BCUT2D eigenvalue weighted by Crippen LogP contribution is 2.29. The van der Waals surface area contributed by atoms with Crippen molar-refractivity contribution in [2.75, 3.05) is 0 Å². The molecule has 1 rings (SSSR count). The van der Waals surface area contributed by atoms with Gasteiger partial charge in [0.1, 0.15) is 11.6 Å². The number of ether oxygens (including phenoxy) is 1. The molecule has 13 heteroatoms. The van der Waals surface area contributed by atoms with E-state index in [1.54, 1.807) is 20.8 Å². The van der Waals surface area contributed by atoms with Crippen LogP contribution in [0.2, 0.25) is 0 Å². The Morgan fingerprint density at radius 1 is 1.07 bits per heavy atom. The van der Waals surface area contributed by atoms with Crippen LogP contribution in [0.3, 0.4) is 0 Å². The van der Waals surface area contributed by atoms with Crippen molar-refractivity contribution in [2.24, 2.45) is 5.92 Å². The molecule has 0 aliphatic carbocycles. The summed E-state index contributed by atoms with van der Waals surface area (Å²) in [7, 11) is 0. The van der Waals surface area contributed by atoms with Crippen molar-refractivity contribution in [3.8, 4) is 0 Å². The predicted octanol–water partition coefficient (Wildman–Crippen LogP) is 2.11. The number of carbonyl (C=O) groups is 3. The molecule has 0 aliphatic heterocycles. The SMILES string of the molecule is CC(C)(C)OC(=O)NC(CC(Cc1ccc([N+](=O)[O-])c([N+](=O)[O-])c1)C(=O)O)C(=O)O. The lowest BCUT2D eigenvalue weighted by Gasteiger charge is -2.23. The van der Waals surface area contributed by atoms with E-state index >= 15 is 0 Å². The molecular formula is C17H21N3O10. The minimum atomic E-state index is -1.60. The number of benzene rings is 1. The van der Waals surface area contributed by atoms with Crippen molar-refractivity contribution in [1.82, 2.24) is 5.32 Å². The average Bonchev–Trinajstić information content (AvgIpc) is 2.58. The fraction of sp³-hybridized carbons (Fsp3) is 0.471. The highest BCUT2D eigenvalue weighted by atomic mass is 16.6. The summed E-state index contributed by atoms with van der Waals surface area (Å²) in [4.78, 5) is 54.9. The van der Waals surface area contributed by atoms with Gasteiger partial charge in [0.05, 0.1) is 15.8 Å². The molecule has 2 unspecified atom stereocenters. The fourth-order valence-corrected chi connectivity index (χ4v) is 2.51. The van der Waals surface area contributed by atoms with Crippen LogP contribution in [-0.4, -0.2) is 49.7 Å². The van der Waals surface area contributed by atoms with E-state index in [2.05, 4.69) is 5.32 Å². The van der Waals surface area contributed by atoms with Crippen LogP contribution in [0.1, 0.15) is 32.8 Å². The Labute approximate surface area is 169 Å². The van der Waals surface area contributed by atoms with Crippen LogP contribution in [0.4, 0.5) is 16.2 Å². The number of amides is 1. The molecule has 0 heterocycles. The van der Waals surface area contributed by atoms with Crippen LogP contribution in [0.15, 0.2) is 18.2 Å². The second-order valence-electron chi connectivity index (χ2n) is 7.35. The topological polar surface area (TPSA) is 199 Å². The number of nitrogens with one attached hydrogen (secondary N) is 1. The first-order chi connectivity index (χ1) is 13.7. The summed E-state index contributed by atoms with van der Waals surface area (Å²) in [5, 5.41) is 42.7. The summed E-state index contributed by atoms with van der Waals surface area (Å²) in [6, 6.07) is 1.29. The molecule has 0 fully saturated rings. The Kier molecular flexibility index (Phi) is 7.79. The molecule has 164 valence electrons. The fourth-order valence-electron chi connectivity index (χ4n) is 2.51. The number of rotatable bonds is 9. The standard InChI is InChI=1S/C17H21N3O10/c1-17(2,3)30-16(25)18-11(15(23)24)8-10(14(21)22)6-9-4-5-12(19(26)27)13(7-9)20(28)29/h4-5,7,10-11H,6,8H2,1-3H3,(H,18,25)(H,21,22)(H,23,24). The normalized spacial score (nSPS) is 13.0. The lowest BCUT2D eigenvalue weighted by atomic mass is 9.92. The summed E-state index contributed by atoms with van der Waals surface area (Å²) >= 11 is 0. The van der Waals surface area contributed by atoms with Gasteiger partial charge in [0.25, 0.3) is 0 Å². The molecule has 0 saturated carbocycles. The van der Waals surface area contributed by atoms with Gasteiger partial charge < -0.3 is 20.3 Å². The maximum Gasteiger partial charge on any atom is 0.408 e. The van der Waals surface area contributed by atoms with Gasteiger partial charge in [-0.05, 0) is 39.2 Å². The molecule has 0 saturated heterocycles. The van der Waals surface area contributed by atoms with Crippen molar-refractivity contribution in [2.45, 2.75) is 45.3 Å². The van der Waals surface area contributed by atoms with Crippen LogP contribution in [0.25, 0.3) is 0 Å². The van der Waals surface area contributed by atoms with Crippen molar-refractivity contribution < 1.29 is 39.2 Å². The zero-order valence-corrected chi connectivity index (χ0v) is 16.4. The monoisotopic (exact) mass is 427 g/mol. The molecule has 0 spiro atoms. The highest BCUT2D eigenvalue weighted by Gasteiger charge is 2.31. The van der Waals surface area contributed by atoms with Gasteiger partial charge >= 0.3 is 29.4 Å². The van der Waals surface area contributed by atoms with Crippen molar-refractivity contribution in [3.05, 3.63) is 44.0 Å². The number of alkyl carbamates (subject to hydrolysis) is 1. The smallest absolute Gasteiger partial charge is 0.408 e. The lowest BCUT2D eigenvalue weighted by Crippen LogP contribution is -2.45. The molecule has 30 heavy (non-hydrogen) atoms. The average molecular weight is 427 g/mol. The Hall–Kier alpha value is -3.77. The highest BCUT2D eigenvalue weighted by molar-refractivity contribution is 5.81. The van der Waals surface area contributed by atoms with Gasteiger partial charge in [0.2, 0.25) is 0 Å². The number of nitro benzene ring substituents is 2. The van der Waals surface area contributed by atoms with Crippen LogP contribution in [0, 0.1) is 26.1 Å². The number of carbonyl (C=O) groups excluding carboxylic acids is 1. The second-order valence-corrected chi connectivity index (χ2v) is 7.35. The number of nitro groups is 2. The van der Waals surface area contributed by atoms with Gasteiger partial charge in [0, 0.05) is 12.1 Å². The van der Waals surface area contributed by atoms with Crippen LogP contribution < -0.4 is 5.32 Å². The van der Waals surface area contributed by atoms with E-state index in [9.17, 15) is 44.8 Å². The minimum absolute atomic E-state index is 0.0844. The van der Waals surface area contributed by atoms with E-state index in [-0.39, 0.29) is 12.0 Å². The number of carboxylic acid groups (broad SMARTS) is 2. The third kappa shape index (κ3) is 7.33. The van der Waals surface area contributed by atoms with Crippen molar-refractivity contribution in [3.63, 3.8) is 0 Å². The third-order valence-corrected chi connectivity index (χ3v) is 3.77. The van der Waals surface area contributed by atoms with Gasteiger partial charge in [-0.3, -0.25) is 25.0 Å². The minimum Gasteiger partial charge on any atom is -0.481 e. The Morgan fingerprint density at radius 3 is 2.07 bits per heavy atom. The van der Waals surface area contributed by atoms with Gasteiger partial charge in [-0.25, -0.2) is 9.59 Å². The van der Waals surface area contributed by atoms with Crippen LogP contribution >= 0.6 is 0 Å². The van der Waals surface area contributed by atoms with Gasteiger partial charge in [-0.15, -0.1) is 0 Å². The summed E-state index contributed by atoms with van der Waals surface area (Å²) < 4.78 is 4.96. The molecular weight excluding hydrogens is 406 g/mol. The quantitative estimate of drug-likeness (QED) is 0.387. The Balaban J connectivity index is 3.06. The van der Waals surface area contributed by atoms with Crippen LogP contribution in [-0.2, 0) is 20.7 Å². The Morgan fingerprint density at radius 2 is 1.63 bits per heavy atom. The largest absolute Gasteiger partial charge is 0.481 e. The number of nitrogens with zero attached hydrogens (tertiary/aromatic N) is 2. The van der Waals surface area contributed by atoms with E-state index in [1.165, 1.54) is 0 Å². The third-order valence-electron chi connectivity index (χ3n) is 3.77. The van der Waals surface area contributed by atoms with Gasteiger partial charge in [0.15, 0.2) is 0 Å². The Bertz CT molecular complexity index is 862. The van der Waals surface area contributed by atoms with E-state index in [0.717, 1.165) is 18.2 Å².